The SMILES string of the molecule is COc1ccccc1/C=C/CN1CCC[C@@H](c2nnc3n2CCNCC3)C1. The average Bonchev–Trinajstić information content (AvgIpc) is 2.97. The first kappa shape index (κ1) is 18.2. The Morgan fingerprint density at radius 2 is 2.15 bits per heavy atom. The van der Waals surface area contributed by atoms with Crippen molar-refractivity contribution in [1.29, 1.82) is 0 Å². The van der Waals surface area contributed by atoms with Gasteiger partial charge < -0.3 is 14.6 Å². The van der Waals surface area contributed by atoms with Crippen LogP contribution in [0.2, 0.25) is 0 Å². The minimum atomic E-state index is 0.484. The van der Waals surface area contributed by atoms with Crippen LogP contribution in [0.3, 0.4) is 0 Å². The van der Waals surface area contributed by atoms with Crippen molar-refractivity contribution >= 4 is 6.08 Å². The smallest absolute Gasteiger partial charge is 0.137 e. The van der Waals surface area contributed by atoms with Gasteiger partial charge in [0, 0.05) is 50.6 Å². The number of nitrogens with one attached hydrogen (secondary N) is 1. The number of rotatable bonds is 5. The van der Waals surface area contributed by atoms with Crippen molar-refractivity contribution in [2.24, 2.45) is 0 Å². The Morgan fingerprint density at radius 3 is 3.07 bits per heavy atom. The lowest BCUT2D eigenvalue weighted by atomic mass is 9.97. The molecule has 144 valence electrons. The minimum Gasteiger partial charge on any atom is -0.496 e. The lowest BCUT2D eigenvalue weighted by Gasteiger charge is -2.31. The van der Waals surface area contributed by atoms with Gasteiger partial charge in [-0.05, 0) is 25.5 Å². The first-order valence-electron chi connectivity index (χ1n) is 10.00. The lowest BCUT2D eigenvalue weighted by Crippen LogP contribution is -2.35. The maximum Gasteiger partial charge on any atom is 0.137 e. The number of fused-ring (bicyclic) bond motifs is 1. The molecule has 2 aromatic rings. The molecule has 4 rings (SSSR count). The quantitative estimate of drug-likeness (QED) is 0.879. The maximum absolute atomic E-state index is 5.43. The number of hydrogen-bond donors (Lipinski definition) is 1. The Morgan fingerprint density at radius 1 is 1.22 bits per heavy atom. The first-order chi connectivity index (χ1) is 13.3. The van der Waals surface area contributed by atoms with Gasteiger partial charge in [-0.1, -0.05) is 30.4 Å². The molecule has 27 heavy (non-hydrogen) atoms. The van der Waals surface area contributed by atoms with E-state index in [-0.39, 0.29) is 0 Å². The van der Waals surface area contributed by atoms with Gasteiger partial charge in [0.15, 0.2) is 0 Å². The summed E-state index contributed by atoms with van der Waals surface area (Å²) < 4.78 is 7.79. The van der Waals surface area contributed by atoms with Gasteiger partial charge in [-0.25, -0.2) is 0 Å². The highest BCUT2D eigenvalue weighted by Gasteiger charge is 2.26. The maximum atomic E-state index is 5.43. The van der Waals surface area contributed by atoms with Gasteiger partial charge in [0.1, 0.15) is 17.4 Å². The number of piperidine rings is 1. The number of aromatic nitrogens is 3. The summed E-state index contributed by atoms with van der Waals surface area (Å²) in [5, 5.41) is 12.5. The minimum absolute atomic E-state index is 0.484. The Bertz CT molecular complexity index is 785. The molecule has 0 unspecified atom stereocenters. The summed E-state index contributed by atoms with van der Waals surface area (Å²) in [5.41, 5.74) is 1.13. The molecule has 6 nitrogen and oxygen atoms in total. The van der Waals surface area contributed by atoms with E-state index < -0.39 is 0 Å². The van der Waals surface area contributed by atoms with Gasteiger partial charge in [0.05, 0.1) is 7.11 Å². The summed E-state index contributed by atoms with van der Waals surface area (Å²) in [6.07, 6.45) is 7.81. The molecular formula is C21H29N5O. The number of nitrogens with zero attached hydrogens (tertiary/aromatic N) is 4. The Hall–Kier alpha value is -2.18. The van der Waals surface area contributed by atoms with Crippen LogP contribution in [0.1, 0.15) is 36.0 Å². The van der Waals surface area contributed by atoms with Crippen LogP contribution in [0.15, 0.2) is 30.3 Å². The molecule has 0 aliphatic carbocycles. The van der Waals surface area contributed by atoms with E-state index in [1.807, 2.05) is 18.2 Å². The van der Waals surface area contributed by atoms with Crippen molar-refractivity contribution in [3.63, 3.8) is 0 Å². The van der Waals surface area contributed by atoms with Gasteiger partial charge in [-0.2, -0.15) is 0 Å². The molecule has 1 atom stereocenters. The molecule has 0 radical (unpaired) electrons. The Labute approximate surface area is 161 Å². The van der Waals surface area contributed by atoms with Crippen LogP contribution in [0.25, 0.3) is 6.08 Å². The third-order valence-electron chi connectivity index (χ3n) is 5.56. The number of benzene rings is 1. The van der Waals surface area contributed by atoms with E-state index in [1.54, 1.807) is 7.11 Å². The molecule has 6 heteroatoms. The fourth-order valence-corrected chi connectivity index (χ4v) is 4.16. The van der Waals surface area contributed by atoms with E-state index in [2.05, 4.69) is 43.2 Å². The van der Waals surface area contributed by atoms with E-state index in [1.165, 1.54) is 18.7 Å². The predicted octanol–water partition coefficient (Wildman–Crippen LogP) is 2.33. The van der Waals surface area contributed by atoms with Crippen molar-refractivity contribution in [2.75, 3.05) is 39.8 Å². The van der Waals surface area contributed by atoms with Crippen LogP contribution in [0.4, 0.5) is 0 Å². The number of hydrogen-bond acceptors (Lipinski definition) is 5. The van der Waals surface area contributed by atoms with E-state index in [9.17, 15) is 0 Å². The van der Waals surface area contributed by atoms with E-state index in [4.69, 9.17) is 4.74 Å². The van der Waals surface area contributed by atoms with Gasteiger partial charge in [-0.3, -0.25) is 4.90 Å². The third-order valence-corrected chi connectivity index (χ3v) is 5.56. The third kappa shape index (κ3) is 4.22. The largest absolute Gasteiger partial charge is 0.496 e. The molecule has 0 spiro atoms. The molecular weight excluding hydrogens is 338 g/mol. The monoisotopic (exact) mass is 367 g/mol. The summed E-state index contributed by atoms with van der Waals surface area (Å²) in [5.74, 6) is 3.73. The molecule has 0 saturated carbocycles. The molecule has 2 aliphatic heterocycles. The topological polar surface area (TPSA) is 55.2 Å². The Kier molecular flexibility index (Phi) is 5.84. The first-order valence-corrected chi connectivity index (χ1v) is 10.00. The molecule has 2 aliphatic rings. The van der Waals surface area contributed by atoms with Crippen LogP contribution < -0.4 is 10.1 Å². The molecule has 1 fully saturated rings. The fraction of sp³-hybridized carbons (Fsp3) is 0.524. The second-order valence-electron chi connectivity index (χ2n) is 7.37. The fourth-order valence-electron chi connectivity index (χ4n) is 4.16. The molecule has 1 N–H and O–H groups in total. The lowest BCUT2D eigenvalue weighted by molar-refractivity contribution is 0.221. The van der Waals surface area contributed by atoms with Crippen molar-refractivity contribution in [3.05, 3.63) is 47.6 Å². The standard InChI is InChI=1S/C21H29N5O/c1-27-19-9-3-2-6-17(19)7-4-13-25-14-5-8-18(16-25)21-24-23-20-10-11-22-12-15-26(20)21/h2-4,6-7,9,18,22H,5,8,10-16H2,1H3/b7-4+/t18-/m1/s1. The molecule has 1 aromatic carbocycles. The van der Waals surface area contributed by atoms with Crippen molar-refractivity contribution in [2.45, 2.75) is 31.7 Å². The second-order valence-corrected chi connectivity index (χ2v) is 7.37. The molecule has 0 amide bonds. The highest BCUT2D eigenvalue weighted by molar-refractivity contribution is 5.57. The summed E-state index contributed by atoms with van der Waals surface area (Å²) in [6.45, 7) is 6.16. The normalized spacial score (nSPS) is 21.1. The van der Waals surface area contributed by atoms with Crippen LogP contribution in [-0.2, 0) is 13.0 Å². The summed E-state index contributed by atoms with van der Waals surface area (Å²) in [4.78, 5) is 2.52. The van der Waals surface area contributed by atoms with Gasteiger partial charge in [-0.15, -0.1) is 10.2 Å². The summed E-state index contributed by atoms with van der Waals surface area (Å²) in [7, 11) is 1.72. The number of para-hydroxylation sites is 1. The molecule has 3 heterocycles. The van der Waals surface area contributed by atoms with Crippen LogP contribution >= 0.6 is 0 Å². The number of ether oxygens (including phenoxy) is 1. The van der Waals surface area contributed by atoms with E-state index in [0.29, 0.717) is 5.92 Å². The predicted molar refractivity (Wildman–Crippen MR) is 107 cm³/mol. The summed E-state index contributed by atoms with van der Waals surface area (Å²) in [6, 6.07) is 8.14. The van der Waals surface area contributed by atoms with Crippen LogP contribution in [-0.4, -0.2) is 59.5 Å². The Balaban J connectivity index is 1.40. The zero-order valence-electron chi connectivity index (χ0n) is 16.1. The number of likely N-dealkylation sites (tertiary alicyclic amines) is 1. The van der Waals surface area contributed by atoms with E-state index >= 15 is 0 Å². The molecule has 1 saturated heterocycles. The zero-order valence-corrected chi connectivity index (χ0v) is 16.1. The summed E-state index contributed by atoms with van der Waals surface area (Å²) >= 11 is 0. The highest BCUT2D eigenvalue weighted by Crippen LogP contribution is 2.27. The van der Waals surface area contributed by atoms with Crippen molar-refractivity contribution in [1.82, 2.24) is 25.0 Å². The van der Waals surface area contributed by atoms with Crippen LogP contribution in [0.5, 0.6) is 5.75 Å². The highest BCUT2D eigenvalue weighted by atomic mass is 16.5. The van der Waals surface area contributed by atoms with Crippen molar-refractivity contribution in [3.8, 4) is 5.75 Å². The molecule has 0 bridgehead atoms. The van der Waals surface area contributed by atoms with Crippen molar-refractivity contribution < 1.29 is 4.74 Å². The molecule has 1 aromatic heterocycles. The van der Waals surface area contributed by atoms with E-state index in [0.717, 1.165) is 62.8 Å². The second kappa shape index (κ2) is 8.67. The van der Waals surface area contributed by atoms with Gasteiger partial charge >= 0.3 is 0 Å². The van der Waals surface area contributed by atoms with Crippen LogP contribution in [0, 0.1) is 0 Å². The average molecular weight is 367 g/mol. The van der Waals surface area contributed by atoms with Gasteiger partial charge in [0.2, 0.25) is 0 Å². The zero-order chi connectivity index (χ0) is 18.5. The van der Waals surface area contributed by atoms with Gasteiger partial charge in [0.25, 0.3) is 0 Å². The number of methoxy groups -OCH3 is 1.